The molecule has 0 saturated heterocycles. The third kappa shape index (κ3) is 5.91. The van der Waals surface area contributed by atoms with Crippen molar-refractivity contribution in [3.63, 3.8) is 0 Å². The van der Waals surface area contributed by atoms with Crippen LogP contribution in [0, 0.1) is 5.41 Å². The predicted molar refractivity (Wildman–Crippen MR) is 245 cm³/mol. The second-order valence-corrected chi connectivity index (χ2v) is 16.3. The minimum atomic E-state index is -0.255. The van der Waals surface area contributed by atoms with Crippen LogP contribution in [0.1, 0.15) is 30.9 Å². The number of fused-ring (bicyclic) bond motifs is 4. The van der Waals surface area contributed by atoms with Crippen LogP contribution in [0.15, 0.2) is 245 Å². The lowest BCUT2D eigenvalue weighted by Crippen LogP contribution is -2.30. The molecule has 3 aliphatic carbocycles. The third-order valence-electron chi connectivity index (χ3n) is 12.4. The predicted octanol–water partition coefficient (Wildman–Crippen LogP) is 13.2. The monoisotopic (exact) mass is 754 g/mol. The van der Waals surface area contributed by atoms with Crippen molar-refractivity contribution in [1.82, 2.24) is 0 Å². The zero-order valence-electron chi connectivity index (χ0n) is 33.2. The zero-order chi connectivity index (χ0) is 39.5. The largest absolute Gasteiger partial charge is 0.311 e. The molecule has 0 amide bonds. The molecule has 7 aromatic rings. The Hall–Kier alpha value is -7.29. The Morgan fingerprint density at radius 2 is 0.966 bits per heavy atom. The molecule has 11 rings (SSSR count). The van der Waals surface area contributed by atoms with Crippen LogP contribution in [0.3, 0.4) is 0 Å². The van der Waals surface area contributed by atoms with Crippen molar-refractivity contribution in [3.8, 4) is 22.3 Å². The van der Waals surface area contributed by atoms with Gasteiger partial charge in [0.05, 0.1) is 11.1 Å². The second kappa shape index (κ2) is 14.0. The van der Waals surface area contributed by atoms with Gasteiger partial charge in [0.2, 0.25) is 0 Å². The van der Waals surface area contributed by atoms with E-state index >= 15 is 0 Å². The first-order valence-corrected chi connectivity index (χ1v) is 20.6. The summed E-state index contributed by atoms with van der Waals surface area (Å²) in [6.45, 7) is 4.79. The van der Waals surface area contributed by atoms with Crippen LogP contribution in [-0.4, -0.2) is 0 Å². The normalized spacial score (nSPS) is 17.1. The number of hydrogen-bond acceptors (Lipinski definition) is 2. The summed E-state index contributed by atoms with van der Waals surface area (Å²) in [6, 6.07) is 67.7. The summed E-state index contributed by atoms with van der Waals surface area (Å²) in [5, 5.41) is 2.31. The molecule has 2 heteroatoms. The number of rotatable bonds is 7. The van der Waals surface area contributed by atoms with Crippen molar-refractivity contribution in [2.75, 3.05) is 4.90 Å². The highest BCUT2D eigenvalue weighted by Crippen LogP contribution is 2.59. The van der Waals surface area contributed by atoms with E-state index in [1.165, 1.54) is 72.0 Å². The minimum absolute atomic E-state index is 0.201. The average Bonchev–Trinajstić information content (AvgIpc) is 3.84. The molecule has 2 nitrogen and oxygen atoms in total. The maximum absolute atomic E-state index is 5.22. The van der Waals surface area contributed by atoms with Gasteiger partial charge in [-0.25, -0.2) is 4.99 Å². The first kappa shape index (κ1) is 34.9. The fraction of sp³-hybridized carbons (Fsp3) is 0.0702. The molecule has 0 N–H and O–H groups in total. The van der Waals surface area contributed by atoms with E-state index in [1.54, 1.807) is 0 Å². The van der Waals surface area contributed by atoms with Crippen molar-refractivity contribution >= 4 is 28.2 Å². The molecule has 7 aromatic carbocycles. The van der Waals surface area contributed by atoms with Crippen LogP contribution in [0.4, 0.5) is 17.1 Å². The third-order valence-corrected chi connectivity index (χ3v) is 12.4. The van der Waals surface area contributed by atoms with Gasteiger partial charge in [0.1, 0.15) is 0 Å². The number of benzene rings is 7. The molecule has 0 fully saturated rings. The molecule has 1 aliphatic heterocycles. The van der Waals surface area contributed by atoms with Crippen molar-refractivity contribution < 1.29 is 0 Å². The lowest BCUT2D eigenvalue weighted by Gasteiger charge is -2.35. The molecule has 0 bridgehead atoms. The Kier molecular flexibility index (Phi) is 8.27. The molecule has 280 valence electrons. The molecule has 1 atom stereocenters. The highest BCUT2D eigenvalue weighted by atomic mass is 15.1. The van der Waals surface area contributed by atoms with E-state index in [0.717, 1.165) is 28.1 Å². The Bertz CT molecular complexity index is 2970. The lowest BCUT2D eigenvalue weighted by molar-refractivity contribution is 0.601. The van der Waals surface area contributed by atoms with Crippen LogP contribution in [-0.2, 0) is 0 Å². The van der Waals surface area contributed by atoms with Gasteiger partial charge in [-0.3, -0.25) is 0 Å². The molecule has 1 unspecified atom stereocenters. The first-order chi connectivity index (χ1) is 29.0. The van der Waals surface area contributed by atoms with Gasteiger partial charge in [-0.15, -0.1) is 0 Å². The standard InChI is InChI=1S/C57H42N2/c1-57(2)55-50-36-44(40-18-10-5-11-19-40)28-35-48(50)54(51(55)37-53-56(57)49-20-12-13-21-52(49)58-53)43-26-33-47(34-27-43)59(45-29-22-41(23-30-45)38-14-6-3-7-15-38)46-31-24-42(25-32-46)39-16-8-4-9-17-39/h3-37,44H,1-2H3. The maximum Gasteiger partial charge on any atom is 0.0713 e. The molecule has 59 heavy (non-hydrogen) atoms. The van der Waals surface area contributed by atoms with E-state index in [1.807, 2.05) is 0 Å². The average molecular weight is 755 g/mol. The second-order valence-electron chi connectivity index (χ2n) is 16.3. The lowest BCUT2D eigenvalue weighted by atomic mass is 9.68. The summed E-state index contributed by atoms with van der Waals surface area (Å²) < 4.78 is 0. The molecule has 0 radical (unpaired) electrons. The van der Waals surface area contributed by atoms with E-state index in [-0.39, 0.29) is 11.3 Å². The van der Waals surface area contributed by atoms with Crippen molar-refractivity contribution in [2.45, 2.75) is 19.8 Å². The fourth-order valence-electron chi connectivity index (χ4n) is 9.70. The summed E-state index contributed by atoms with van der Waals surface area (Å²) in [7, 11) is 0. The van der Waals surface area contributed by atoms with Gasteiger partial charge in [0.15, 0.2) is 0 Å². The number of nitrogens with zero attached hydrogens (tertiary/aromatic N) is 2. The van der Waals surface area contributed by atoms with Crippen molar-refractivity contribution in [2.24, 2.45) is 10.4 Å². The molecule has 1 heterocycles. The first-order valence-electron chi connectivity index (χ1n) is 20.6. The smallest absolute Gasteiger partial charge is 0.0713 e. The van der Waals surface area contributed by atoms with Gasteiger partial charge in [0, 0.05) is 33.6 Å². The highest BCUT2D eigenvalue weighted by Gasteiger charge is 2.44. The SMILES string of the molecule is CC1(C)C2=C(C=C3N=c4ccccc4=C31)C(c1ccc(N(c3ccc(-c4ccccc4)cc3)c3ccc(-c4ccccc4)cc3)cc1)=C1C=CC(c3ccccc3)C=C12. The van der Waals surface area contributed by atoms with Gasteiger partial charge in [0.25, 0.3) is 0 Å². The van der Waals surface area contributed by atoms with Crippen LogP contribution >= 0.6 is 0 Å². The highest BCUT2D eigenvalue weighted by molar-refractivity contribution is 6.01. The van der Waals surface area contributed by atoms with Gasteiger partial charge in [-0.1, -0.05) is 178 Å². The number of allylic oxidation sites excluding steroid dienone is 10. The Balaban J connectivity index is 1.03. The summed E-state index contributed by atoms with van der Waals surface area (Å²) >= 11 is 0. The topological polar surface area (TPSA) is 15.6 Å². The van der Waals surface area contributed by atoms with Gasteiger partial charge < -0.3 is 4.90 Å². The minimum Gasteiger partial charge on any atom is -0.311 e. The summed E-state index contributed by atoms with van der Waals surface area (Å²) in [6.07, 6.45) is 9.62. The number of hydrogen-bond donors (Lipinski definition) is 0. The van der Waals surface area contributed by atoms with Crippen LogP contribution in [0.25, 0.3) is 33.4 Å². The molecule has 0 aromatic heterocycles. The van der Waals surface area contributed by atoms with E-state index < -0.39 is 0 Å². The number of anilines is 3. The quantitative estimate of drug-likeness (QED) is 0.158. The van der Waals surface area contributed by atoms with Gasteiger partial charge in [-0.05, 0) is 115 Å². The Morgan fingerprint density at radius 1 is 0.475 bits per heavy atom. The molecular weight excluding hydrogens is 713 g/mol. The van der Waals surface area contributed by atoms with Crippen molar-refractivity contribution in [1.29, 1.82) is 0 Å². The molecule has 0 spiro atoms. The Morgan fingerprint density at radius 3 is 1.54 bits per heavy atom. The molecule has 0 saturated carbocycles. The molecule has 4 aliphatic rings. The summed E-state index contributed by atoms with van der Waals surface area (Å²) in [5.41, 5.74) is 19.4. The number of para-hydroxylation sites is 1. The summed E-state index contributed by atoms with van der Waals surface area (Å²) in [5.74, 6) is 0.201. The molecular formula is C57H42N2. The Labute approximate surface area is 346 Å². The van der Waals surface area contributed by atoms with Gasteiger partial charge >= 0.3 is 0 Å². The van der Waals surface area contributed by atoms with Crippen molar-refractivity contribution in [3.05, 3.63) is 262 Å². The summed E-state index contributed by atoms with van der Waals surface area (Å²) in [4.78, 5) is 7.58. The van der Waals surface area contributed by atoms with E-state index in [2.05, 4.69) is 231 Å². The van der Waals surface area contributed by atoms with Crippen LogP contribution < -0.4 is 15.5 Å². The van der Waals surface area contributed by atoms with Crippen LogP contribution in [0.5, 0.6) is 0 Å². The van der Waals surface area contributed by atoms with E-state index in [9.17, 15) is 0 Å². The zero-order valence-corrected chi connectivity index (χ0v) is 33.2. The maximum atomic E-state index is 5.22. The van der Waals surface area contributed by atoms with Gasteiger partial charge in [-0.2, -0.15) is 0 Å². The van der Waals surface area contributed by atoms with Crippen LogP contribution in [0.2, 0.25) is 0 Å². The van der Waals surface area contributed by atoms with E-state index in [0.29, 0.717) is 0 Å². The van der Waals surface area contributed by atoms with E-state index in [4.69, 9.17) is 4.99 Å². The fourth-order valence-corrected chi connectivity index (χ4v) is 9.70.